The van der Waals surface area contributed by atoms with Crippen LogP contribution in [0.1, 0.15) is 52.9 Å². The highest BCUT2D eigenvalue weighted by Crippen LogP contribution is 2.31. The van der Waals surface area contributed by atoms with Gasteiger partial charge in [-0.25, -0.2) is 13.1 Å². The Balaban J connectivity index is 1.88. The lowest BCUT2D eigenvalue weighted by Crippen LogP contribution is -2.32. The highest BCUT2D eigenvalue weighted by molar-refractivity contribution is 7.89. The standard InChI is InChI=1S/C20H25N3O3S/c1-3-22-27(25,26)16-9-7-13(2)18(12-16)20(24)23-19-6-4-5-14-11-15(21)8-10-17(14)19/h7-12,19,22H,3-6,21H2,1-2H3,(H,23,24). The van der Waals surface area contributed by atoms with Crippen LogP contribution in [0, 0.1) is 6.92 Å². The maximum Gasteiger partial charge on any atom is 0.252 e. The Labute approximate surface area is 160 Å². The molecule has 0 aliphatic heterocycles. The minimum absolute atomic E-state index is 0.0944. The van der Waals surface area contributed by atoms with E-state index in [0.717, 1.165) is 41.6 Å². The highest BCUT2D eigenvalue weighted by atomic mass is 32.2. The molecular formula is C20H25N3O3S. The number of hydrogen-bond acceptors (Lipinski definition) is 4. The Morgan fingerprint density at radius 3 is 2.74 bits per heavy atom. The fourth-order valence-electron chi connectivity index (χ4n) is 3.51. The number of anilines is 1. The molecule has 0 heterocycles. The fourth-order valence-corrected chi connectivity index (χ4v) is 4.57. The van der Waals surface area contributed by atoms with Gasteiger partial charge in [-0.15, -0.1) is 0 Å². The second-order valence-electron chi connectivity index (χ2n) is 6.85. The summed E-state index contributed by atoms with van der Waals surface area (Å²) in [5, 5.41) is 3.07. The molecule has 27 heavy (non-hydrogen) atoms. The van der Waals surface area contributed by atoms with Crippen molar-refractivity contribution in [2.45, 2.75) is 44.0 Å². The summed E-state index contributed by atoms with van der Waals surface area (Å²) in [5.41, 5.74) is 9.94. The number of fused-ring (bicyclic) bond motifs is 1. The topological polar surface area (TPSA) is 101 Å². The van der Waals surface area contributed by atoms with E-state index in [1.54, 1.807) is 19.9 Å². The minimum atomic E-state index is -3.61. The third-order valence-corrected chi connectivity index (χ3v) is 6.43. The Kier molecular flexibility index (Phi) is 5.53. The van der Waals surface area contributed by atoms with E-state index in [9.17, 15) is 13.2 Å². The Hall–Kier alpha value is -2.38. The van der Waals surface area contributed by atoms with Crippen molar-refractivity contribution in [2.75, 3.05) is 12.3 Å². The predicted molar refractivity (Wildman–Crippen MR) is 106 cm³/mol. The van der Waals surface area contributed by atoms with E-state index in [0.29, 0.717) is 12.1 Å². The first kappa shape index (κ1) is 19.4. The number of nitrogen functional groups attached to an aromatic ring is 1. The van der Waals surface area contributed by atoms with Gasteiger partial charge < -0.3 is 11.1 Å². The van der Waals surface area contributed by atoms with Crippen LogP contribution in [0.25, 0.3) is 0 Å². The van der Waals surface area contributed by atoms with Gasteiger partial charge in [0.2, 0.25) is 10.0 Å². The monoisotopic (exact) mass is 387 g/mol. The Morgan fingerprint density at radius 1 is 1.22 bits per heavy atom. The largest absolute Gasteiger partial charge is 0.399 e. The van der Waals surface area contributed by atoms with Gasteiger partial charge in [-0.3, -0.25) is 4.79 Å². The highest BCUT2D eigenvalue weighted by Gasteiger charge is 2.24. The quantitative estimate of drug-likeness (QED) is 0.687. The molecule has 1 aliphatic carbocycles. The molecule has 4 N–H and O–H groups in total. The first-order valence-corrected chi connectivity index (χ1v) is 10.6. The van der Waals surface area contributed by atoms with Crippen molar-refractivity contribution in [2.24, 2.45) is 0 Å². The van der Waals surface area contributed by atoms with Crippen LogP contribution in [0.5, 0.6) is 0 Å². The summed E-state index contributed by atoms with van der Waals surface area (Å²) in [4.78, 5) is 13.0. The summed E-state index contributed by atoms with van der Waals surface area (Å²) >= 11 is 0. The van der Waals surface area contributed by atoms with Gasteiger partial charge in [0.1, 0.15) is 0 Å². The minimum Gasteiger partial charge on any atom is -0.399 e. The second kappa shape index (κ2) is 7.70. The molecule has 6 nitrogen and oxygen atoms in total. The number of sulfonamides is 1. The number of nitrogens with one attached hydrogen (secondary N) is 2. The lowest BCUT2D eigenvalue weighted by molar-refractivity contribution is 0.0932. The molecule has 0 bridgehead atoms. The van der Waals surface area contributed by atoms with E-state index in [2.05, 4.69) is 10.0 Å². The van der Waals surface area contributed by atoms with Crippen LogP contribution in [0.4, 0.5) is 5.69 Å². The molecule has 2 aromatic rings. The van der Waals surface area contributed by atoms with E-state index >= 15 is 0 Å². The van der Waals surface area contributed by atoms with Gasteiger partial charge >= 0.3 is 0 Å². The van der Waals surface area contributed by atoms with Crippen molar-refractivity contribution in [3.8, 4) is 0 Å². The van der Waals surface area contributed by atoms with Crippen LogP contribution >= 0.6 is 0 Å². The van der Waals surface area contributed by atoms with Crippen LogP contribution in [-0.4, -0.2) is 20.9 Å². The number of nitrogens with two attached hydrogens (primary N) is 1. The lowest BCUT2D eigenvalue weighted by Gasteiger charge is -2.27. The Bertz CT molecular complexity index is 970. The Morgan fingerprint density at radius 2 is 2.00 bits per heavy atom. The van der Waals surface area contributed by atoms with Crippen LogP contribution in [0.2, 0.25) is 0 Å². The number of benzene rings is 2. The smallest absolute Gasteiger partial charge is 0.252 e. The molecule has 0 saturated carbocycles. The molecule has 3 rings (SSSR count). The molecule has 1 atom stereocenters. The average Bonchev–Trinajstić information content (AvgIpc) is 2.61. The molecule has 0 spiro atoms. The molecule has 0 saturated heterocycles. The van der Waals surface area contributed by atoms with Gasteiger partial charge in [0.25, 0.3) is 5.91 Å². The average molecular weight is 388 g/mol. The maximum absolute atomic E-state index is 12.9. The summed E-state index contributed by atoms with van der Waals surface area (Å²) in [7, 11) is -3.61. The lowest BCUT2D eigenvalue weighted by atomic mass is 9.87. The van der Waals surface area contributed by atoms with Crippen molar-refractivity contribution in [1.29, 1.82) is 0 Å². The zero-order valence-corrected chi connectivity index (χ0v) is 16.4. The summed E-state index contributed by atoms with van der Waals surface area (Å²) in [5.74, 6) is -0.268. The number of carbonyl (C=O) groups is 1. The van der Waals surface area contributed by atoms with E-state index in [1.807, 2.05) is 18.2 Å². The normalized spacial score (nSPS) is 16.6. The van der Waals surface area contributed by atoms with Gasteiger partial charge in [-0.2, -0.15) is 0 Å². The third kappa shape index (κ3) is 4.14. The van der Waals surface area contributed by atoms with E-state index < -0.39 is 10.0 Å². The number of aryl methyl sites for hydroxylation is 2. The fraction of sp³-hybridized carbons (Fsp3) is 0.350. The van der Waals surface area contributed by atoms with Crippen molar-refractivity contribution in [3.05, 3.63) is 58.7 Å². The van der Waals surface area contributed by atoms with Gasteiger partial charge in [0, 0.05) is 17.8 Å². The van der Waals surface area contributed by atoms with Gasteiger partial charge in [-0.05, 0) is 67.1 Å². The molecule has 7 heteroatoms. The molecule has 0 radical (unpaired) electrons. The first-order chi connectivity index (χ1) is 12.8. The summed E-state index contributed by atoms with van der Waals surface area (Å²) in [6.07, 6.45) is 2.76. The number of rotatable bonds is 5. The zero-order chi connectivity index (χ0) is 19.6. The molecule has 0 fully saturated rings. The van der Waals surface area contributed by atoms with Crippen molar-refractivity contribution in [1.82, 2.24) is 10.0 Å². The molecule has 2 aromatic carbocycles. The van der Waals surface area contributed by atoms with Crippen LogP contribution in [0.3, 0.4) is 0 Å². The summed E-state index contributed by atoms with van der Waals surface area (Å²) < 4.78 is 27.0. The number of carbonyl (C=O) groups excluding carboxylic acids is 1. The molecule has 1 unspecified atom stereocenters. The van der Waals surface area contributed by atoms with Gasteiger partial charge in [0.05, 0.1) is 10.9 Å². The molecule has 1 aliphatic rings. The van der Waals surface area contributed by atoms with Crippen molar-refractivity contribution >= 4 is 21.6 Å². The number of hydrogen-bond donors (Lipinski definition) is 3. The third-order valence-electron chi connectivity index (χ3n) is 4.89. The maximum atomic E-state index is 12.9. The molecule has 1 amide bonds. The van der Waals surface area contributed by atoms with Crippen LogP contribution in [-0.2, 0) is 16.4 Å². The molecular weight excluding hydrogens is 362 g/mol. The molecule has 144 valence electrons. The van der Waals surface area contributed by atoms with E-state index in [1.165, 1.54) is 12.1 Å². The van der Waals surface area contributed by atoms with Gasteiger partial charge in [-0.1, -0.05) is 19.1 Å². The van der Waals surface area contributed by atoms with E-state index in [-0.39, 0.29) is 16.8 Å². The summed E-state index contributed by atoms with van der Waals surface area (Å²) in [6, 6.07) is 10.3. The predicted octanol–water partition coefficient (Wildman–Crippen LogP) is 2.68. The van der Waals surface area contributed by atoms with Crippen molar-refractivity contribution < 1.29 is 13.2 Å². The van der Waals surface area contributed by atoms with E-state index in [4.69, 9.17) is 5.73 Å². The summed E-state index contributed by atoms with van der Waals surface area (Å²) in [6.45, 7) is 3.81. The SMILES string of the molecule is CCNS(=O)(=O)c1ccc(C)c(C(=O)NC2CCCc3cc(N)ccc32)c1. The van der Waals surface area contributed by atoms with Crippen LogP contribution < -0.4 is 15.8 Å². The zero-order valence-electron chi connectivity index (χ0n) is 15.6. The second-order valence-corrected chi connectivity index (χ2v) is 8.62. The van der Waals surface area contributed by atoms with Gasteiger partial charge in [0.15, 0.2) is 0 Å². The number of amides is 1. The molecule has 0 aromatic heterocycles. The van der Waals surface area contributed by atoms with Crippen molar-refractivity contribution in [3.63, 3.8) is 0 Å². The first-order valence-electron chi connectivity index (χ1n) is 9.11. The van der Waals surface area contributed by atoms with Crippen LogP contribution in [0.15, 0.2) is 41.3 Å².